The van der Waals surface area contributed by atoms with E-state index < -0.39 is 0 Å². The Hall–Kier alpha value is -2.93. The Morgan fingerprint density at radius 1 is 1.04 bits per heavy atom. The molecule has 3 nitrogen and oxygen atoms in total. The van der Waals surface area contributed by atoms with Gasteiger partial charge in [0.05, 0.1) is 0 Å². The van der Waals surface area contributed by atoms with Crippen molar-refractivity contribution in [1.82, 2.24) is 10.2 Å². The first kappa shape index (κ1) is 15.9. The largest absolute Gasteiger partial charge is 0.420 e. The lowest BCUT2D eigenvalue weighted by molar-refractivity contribution is 0.462. The van der Waals surface area contributed by atoms with E-state index in [2.05, 4.69) is 35.9 Å². The third kappa shape index (κ3) is 3.69. The first-order valence-electron chi connectivity index (χ1n) is 7.87. The van der Waals surface area contributed by atoms with Crippen LogP contribution in [0.3, 0.4) is 0 Å². The lowest BCUT2D eigenvalue weighted by atomic mass is 10.1. The molecular formula is C20H17FN2O. The zero-order valence-electron chi connectivity index (χ0n) is 13.6. The molecule has 0 N–H and O–H groups in total. The van der Waals surface area contributed by atoms with Crippen molar-refractivity contribution in [2.45, 2.75) is 26.2 Å². The van der Waals surface area contributed by atoms with Gasteiger partial charge in [0.1, 0.15) is 5.82 Å². The van der Waals surface area contributed by atoms with Crippen LogP contribution in [0.1, 0.15) is 43.2 Å². The number of aromatic nitrogens is 2. The Morgan fingerprint density at radius 2 is 1.79 bits per heavy atom. The van der Waals surface area contributed by atoms with Gasteiger partial charge < -0.3 is 4.42 Å². The summed E-state index contributed by atoms with van der Waals surface area (Å²) in [5, 5.41) is 8.18. The Bertz CT molecular complexity index is 888. The van der Waals surface area contributed by atoms with Crippen molar-refractivity contribution < 1.29 is 8.81 Å². The van der Waals surface area contributed by atoms with Crippen molar-refractivity contribution in [3.63, 3.8) is 0 Å². The predicted octanol–water partition coefficient (Wildman–Crippen LogP) is 4.79. The van der Waals surface area contributed by atoms with E-state index in [4.69, 9.17) is 4.42 Å². The molecule has 0 aliphatic rings. The second kappa shape index (κ2) is 7.10. The van der Waals surface area contributed by atoms with Crippen molar-refractivity contribution >= 4 is 0 Å². The van der Waals surface area contributed by atoms with Crippen LogP contribution >= 0.6 is 0 Å². The molecule has 0 fully saturated rings. The summed E-state index contributed by atoms with van der Waals surface area (Å²) in [6.07, 6.45) is 0.955. The molecule has 1 heterocycles. The SMILES string of the molecule is CCC(C)c1nnc(-c2ccc(C#Cc3cccc(F)c3)cc2)o1. The van der Waals surface area contributed by atoms with E-state index in [1.54, 1.807) is 12.1 Å². The third-order valence-corrected chi connectivity index (χ3v) is 3.78. The zero-order chi connectivity index (χ0) is 16.9. The molecule has 0 aliphatic carbocycles. The van der Waals surface area contributed by atoms with Crippen molar-refractivity contribution in [2.75, 3.05) is 0 Å². The molecule has 0 spiro atoms. The van der Waals surface area contributed by atoms with Gasteiger partial charge in [-0.2, -0.15) is 0 Å². The van der Waals surface area contributed by atoms with Crippen LogP contribution in [0.5, 0.6) is 0 Å². The first-order valence-corrected chi connectivity index (χ1v) is 7.87. The normalized spacial score (nSPS) is 11.6. The topological polar surface area (TPSA) is 38.9 Å². The molecule has 0 amide bonds. The lowest BCUT2D eigenvalue weighted by Gasteiger charge is -2.00. The number of hydrogen-bond acceptors (Lipinski definition) is 3. The predicted molar refractivity (Wildman–Crippen MR) is 90.8 cm³/mol. The van der Waals surface area contributed by atoms with E-state index in [0.717, 1.165) is 17.5 Å². The molecule has 1 unspecified atom stereocenters. The van der Waals surface area contributed by atoms with Crippen LogP contribution in [-0.4, -0.2) is 10.2 Å². The van der Waals surface area contributed by atoms with Gasteiger partial charge in [-0.05, 0) is 48.9 Å². The molecule has 0 bridgehead atoms. The fourth-order valence-corrected chi connectivity index (χ4v) is 2.13. The van der Waals surface area contributed by atoms with Crippen LogP contribution < -0.4 is 0 Å². The molecule has 1 atom stereocenters. The van der Waals surface area contributed by atoms with E-state index in [1.165, 1.54) is 12.1 Å². The van der Waals surface area contributed by atoms with Gasteiger partial charge >= 0.3 is 0 Å². The van der Waals surface area contributed by atoms with Gasteiger partial charge in [0.2, 0.25) is 11.8 Å². The number of hydrogen-bond donors (Lipinski definition) is 0. The van der Waals surface area contributed by atoms with Crippen molar-refractivity contribution in [2.24, 2.45) is 0 Å². The summed E-state index contributed by atoms with van der Waals surface area (Å²) in [7, 11) is 0. The van der Waals surface area contributed by atoms with Gasteiger partial charge in [0.15, 0.2) is 0 Å². The third-order valence-electron chi connectivity index (χ3n) is 3.78. The van der Waals surface area contributed by atoms with Crippen molar-refractivity contribution in [3.8, 4) is 23.3 Å². The Balaban J connectivity index is 1.78. The van der Waals surface area contributed by atoms with Gasteiger partial charge in [0.25, 0.3) is 0 Å². The summed E-state index contributed by atoms with van der Waals surface area (Å²) in [5.41, 5.74) is 2.34. The maximum absolute atomic E-state index is 13.1. The van der Waals surface area contributed by atoms with Gasteiger partial charge in [-0.1, -0.05) is 31.8 Å². The molecule has 1 aromatic heterocycles. The molecule has 120 valence electrons. The highest BCUT2D eigenvalue weighted by molar-refractivity contribution is 5.55. The summed E-state index contributed by atoms with van der Waals surface area (Å²) >= 11 is 0. The highest BCUT2D eigenvalue weighted by Gasteiger charge is 2.13. The maximum atomic E-state index is 13.1. The molecule has 24 heavy (non-hydrogen) atoms. The molecule has 0 radical (unpaired) electrons. The second-order valence-electron chi connectivity index (χ2n) is 5.59. The second-order valence-corrected chi connectivity index (χ2v) is 5.59. The highest BCUT2D eigenvalue weighted by Crippen LogP contribution is 2.23. The van der Waals surface area contributed by atoms with Crippen LogP contribution in [0.25, 0.3) is 11.5 Å². The smallest absolute Gasteiger partial charge is 0.247 e. The number of rotatable bonds is 3. The molecule has 3 rings (SSSR count). The van der Waals surface area contributed by atoms with E-state index in [9.17, 15) is 4.39 Å². The average molecular weight is 320 g/mol. The van der Waals surface area contributed by atoms with Crippen LogP contribution in [0.4, 0.5) is 4.39 Å². The summed E-state index contributed by atoms with van der Waals surface area (Å²) in [6, 6.07) is 13.8. The Labute approximate surface area is 140 Å². The van der Waals surface area contributed by atoms with E-state index in [-0.39, 0.29) is 11.7 Å². The van der Waals surface area contributed by atoms with Gasteiger partial charge in [-0.25, -0.2) is 4.39 Å². The van der Waals surface area contributed by atoms with Crippen LogP contribution in [-0.2, 0) is 0 Å². The van der Waals surface area contributed by atoms with Crippen LogP contribution in [0, 0.1) is 17.7 Å². The van der Waals surface area contributed by atoms with Crippen molar-refractivity contribution in [1.29, 1.82) is 0 Å². The van der Waals surface area contributed by atoms with E-state index in [1.807, 2.05) is 24.3 Å². The monoisotopic (exact) mass is 320 g/mol. The fraction of sp³-hybridized carbons (Fsp3) is 0.200. The van der Waals surface area contributed by atoms with Gasteiger partial charge in [0, 0.05) is 22.6 Å². The van der Waals surface area contributed by atoms with Gasteiger partial charge in [-0.15, -0.1) is 10.2 Å². The van der Waals surface area contributed by atoms with Crippen molar-refractivity contribution in [3.05, 3.63) is 71.4 Å². The average Bonchev–Trinajstić information content (AvgIpc) is 3.10. The highest BCUT2D eigenvalue weighted by atomic mass is 19.1. The van der Waals surface area contributed by atoms with Gasteiger partial charge in [-0.3, -0.25) is 0 Å². The Morgan fingerprint density at radius 3 is 2.50 bits per heavy atom. The summed E-state index contributed by atoms with van der Waals surface area (Å²) < 4.78 is 18.8. The first-order chi connectivity index (χ1) is 11.7. The number of benzene rings is 2. The fourth-order valence-electron chi connectivity index (χ4n) is 2.13. The quantitative estimate of drug-likeness (QED) is 0.651. The maximum Gasteiger partial charge on any atom is 0.247 e. The summed E-state index contributed by atoms with van der Waals surface area (Å²) in [4.78, 5) is 0. The molecule has 3 aromatic rings. The van der Waals surface area contributed by atoms with Crippen LogP contribution in [0.15, 0.2) is 52.9 Å². The van der Waals surface area contributed by atoms with Crippen LogP contribution in [0.2, 0.25) is 0 Å². The zero-order valence-corrected chi connectivity index (χ0v) is 13.6. The molecule has 2 aromatic carbocycles. The number of halogens is 1. The minimum absolute atomic E-state index is 0.252. The van der Waals surface area contributed by atoms with E-state index >= 15 is 0 Å². The molecule has 0 saturated heterocycles. The van der Waals surface area contributed by atoms with E-state index in [0.29, 0.717) is 17.3 Å². The minimum atomic E-state index is -0.286. The molecule has 0 saturated carbocycles. The summed E-state index contributed by atoms with van der Waals surface area (Å²) in [6.45, 7) is 4.14. The number of nitrogens with zero attached hydrogens (tertiary/aromatic N) is 2. The molecule has 0 aliphatic heterocycles. The standard InChI is InChI=1S/C20H17FN2O/c1-3-14(2)19-22-23-20(24-19)17-11-9-15(10-12-17)7-8-16-5-4-6-18(21)13-16/h4-6,9-14H,3H2,1-2H3. The molecule has 4 heteroatoms. The molecular weight excluding hydrogens is 303 g/mol. The minimum Gasteiger partial charge on any atom is -0.420 e. The summed E-state index contributed by atoms with van der Waals surface area (Å²) in [5.74, 6) is 7.09. The Kier molecular flexibility index (Phi) is 4.72. The lowest BCUT2D eigenvalue weighted by Crippen LogP contribution is -1.90.